The van der Waals surface area contributed by atoms with Crippen LogP contribution in [-0.2, 0) is 11.4 Å². The lowest BCUT2D eigenvalue weighted by Crippen LogP contribution is -2.24. The smallest absolute Gasteiger partial charge is 0.343 e. The Morgan fingerprint density at radius 2 is 1.41 bits per heavy atom. The van der Waals surface area contributed by atoms with Gasteiger partial charge in [-0.3, -0.25) is 4.79 Å². The lowest BCUT2D eigenvalue weighted by atomic mass is 10.0. The van der Waals surface area contributed by atoms with E-state index in [0.717, 1.165) is 16.3 Å². The highest BCUT2D eigenvalue weighted by Gasteiger charge is 2.16. The standard InChI is InChI=1S/C35H30N2O7/c1-40-32-19-13-26(20-33(32)41-2)35(39)44-31-18-12-25-10-6-7-11-29(25)30(31)21-36-37-34(38)23-43-28-16-14-27(15-17-28)42-22-24-8-4-3-5-9-24/h3-21H,22-23H2,1-2H3,(H,37,38)/b36-21-. The van der Waals surface area contributed by atoms with E-state index >= 15 is 0 Å². The molecule has 0 saturated carbocycles. The van der Waals surface area contributed by atoms with E-state index in [1.54, 1.807) is 48.5 Å². The summed E-state index contributed by atoms with van der Waals surface area (Å²) in [5.74, 6) is 1.31. The van der Waals surface area contributed by atoms with Crippen LogP contribution in [0.2, 0.25) is 0 Å². The van der Waals surface area contributed by atoms with Crippen LogP contribution in [0.15, 0.2) is 114 Å². The van der Waals surface area contributed by atoms with Gasteiger partial charge in [-0.05, 0) is 64.9 Å². The molecule has 1 N–H and O–H groups in total. The van der Waals surface area contributed by atoms with Crippen molar-refractivity contribution in [3.05, 3.63) is 126 Å². The molecule has 0 fully saturated rings. The van der Waals surface area contributed by atoms with Crippen molar-refractivity contribution in [3.8, 4) is 28.7 Å². The maximum Gasteiger partial charge on any atom is 0.343 e. The summed E-state index contributed by atoms with van der Waals surface area (Å²) in [7, 11) is 3.01. The molecule has 5 aromatic rings. The largest absolute Gasteiger partial charge is 0.493 e. The molecular weight excluding hydrogens is 560 g/mol. The monoisotopic (exact) mass is 590 g/mol. The second-order valence-electron chi connectivity index (χ2n) is 9.49. The summed E-state index contributed by atoms with van der Waals surface area (Å²) in [6.07, 6.45) is 1.44. The maximum absolute atomic E-state index is 13.0. The molecule has 0 heterocycles. The lowest BCUT2D eigenvalue weighted by Gasteiger charge is -2.12. The molecule has 222 valence electrons. The zero-order chi connectivity index (χ0) is 30.7. The maximum atomic E-state index is 13.0. The Morgan fingerprint density at radius 1 is 0.727 bits per heavy atom. The minimum atomic E-state index is -0.593. The number of hydrogen-bond acceptors (Lipinski definition) is 8. The molecule has 9 heteroatoms. The first-order valence-corrected chi connectivity index (χ1v) is 13.7. The first kappa shape index (κ1) is 29.7. The molecule has 0 unspecified atom stereocenters. The van der Waals surface area contributed by atoms with Gasteiger partial charge >= 0.3 is 5.97 Å². The second-order valence-corrected chi connectivity index (χ2v) is 9.49. The van der Waals surface area contributed by atoms with Gasteiger partial charge < -0.3 is 23.7 Å². The molecule has 5 rings (SSSR count). The van der Waals surface area contributed by atoms with E-state index in [9.17, 15) is 9.59 Å². The van der Waals surface area contributed by atoms with Crippen molar-refractivity contribution in [3.63, 3.8) is 0 Å². The first-order valence-electron chi connectivity index (χ1n) is 13.7. The highest BCUT2D eigenvalue weighted by atomic mass is 16.5. The van der Waals surface area contributed by atoms with Crippen molar-refractivity contribution in [2.24, 2.45) is 5.10 Å². The molecule has 0 atom stereocenters. The number of hydrogen-bond donors (Lipinski definition) is 1. The van der Waals surface area contributed by atoms with Gasteiger partial charge in [0.15, 0.2) is 18.1 Å². The van der Waals surface area contributed by atoms with E-state index in [0.29, 0.717) is 35.2 Å². The molecule has 0 aromatic heterocycles. The number of esters is 1. The number of nitrogens with one attached hydrogen (secondary N) is 1. The minimum Gasteiger partial charge on any atom is -0.493 e. The Kier molecular flexibility index (Phi) is 9.69. The van der Waals surface area contributed by atoms with Gasteiger partial charge in [0.1, 0.15) is 23.9 Å². The fourth-order valence-electron chi connectivity index (χ4n) is 4.34. The van der Waals surface area contributed by atoms with Gasteiger partial charge in [-0.15, -0.1) is 0 Å². The summed E-state index contributed by atoms with van der Waals surface area (Å²) >= 11 is 0. The average Bonchev–Trinajstić information content (AvgIpc) is 3.07. The fourth-order valence-corrected chi connectivity index (χ4v) is 4.34. The Bertz CT molecular complexity index is 1770. The third-order valence-electron chi connectivity index (χ3n) is 6.58. The molecule has 0 spiro atoms. The number of fused-ring (bicyclic) bond motifs is 1. The normalized spacial score (nSPS) is 10.8. The van der Waals surface area contributed by atoms with Gasteiger partial charge in [0.2, 0.25) is 0 Å². The molecule has 9 nitrogen and oxygen atoms in total. The SMILES string of the molecule is COc1ccc(C(=O)Oc2ccc3ccccc3c2/C=N\NC(=O)COc2ccc(OCc3ccccc3)cc2)cc1OC. The molecule has 0 aliphatic carbocycles. The van der Waals surface area contributed by atoms with E-state index in [-0.39, 0.29) is 17.9 Å². The lowest BCUT2D eigenvalue weighted by molar-refractivity contribution is -0.123. The van der Waals surface area contributed by atoms with Crippen LogP contribution in [0.1, 0.15) is 21.5 Å². The Balaban J connectivity index is 1.21. The predicted octanol–water partition coefficient (Wildman–Crippen LogP) is 6.18. The Labute approximate surface area is 254 Å². The Morgan fingerprint density at radius 3 is 2.16 bits per heavy atom. The second kappa shape index (κ2) is 14.4. The predicted molar refractivity (Wildman–Crippen MR) is 167 cm³/mol. The quantitative estimate of drug-likeness (QED) is 0.0800. The number of rotatable bonds is 12. The van der Waals surface area contributed by atoms with E-state index in [2.05, 4.69) is 10.5 Å². The summed E-state index contributed by atoms with van der Waals surface area (Å²) in [4.78, 5) is 25.5. The number of methoxy groups -OCH3 is 2. The number of hydrazone groups is 1. The third kappa shape index (κ3) is 7.51. The summed E-state index contributed by atoms with van der Waals surface area (Å²) in [5, 5.41) is 5.80. The number of nitrogens with zero attached hydrogens (tertiary/aromatic N) is 1. The van der Waals surface area contributed by atoms with Crippen molar-refractivity contribution in [1.82, 2.24) is 5.43 Å². The zero-order valence-electron chi connectivity index (χ0n) is 24.2. The van der Waals surface area contributed by atoms with Crippen molar-refractivity contribution >= 4 is 28.9 Å². The van der Waals surface area contributed by atoms with Crippen molar-refractivity contribution < 1.29 is 33.3 Å². The molecule has 0 aliphatic heterocycles. The number of carbonyl (C=O) groups excluding carboxylic acids is 2. The number of ether oxygens (including phenoxy) is 5. The summed E-state index contributed by atoms with van der Waals surface area (Å²) in [5.41, 5.74) is 4.33. The van der Waals surface area contributed by atoms with Gasteiger partial charge in [-0.25, -0.2) is 10.2 Å². The first-order chi connectivity index (χ1) is 21.5. The van der Waals surface area contributed by atoms with E-state index < -0.39 is 11.9 Å². The molecule has 0 saturated heterocycles. The van der Waals surface area contributed by atoms with Gasteiger partial charge in [-0.2, -0.15) is 5.10 Å². The van der Waals surface area contributed by atoms with Crippen LogP contribution >= 0.6 is 0 Å². The van der Waals surface area contributed by atoms with Crippen molar-refractivity contribution in [2.75, 3.05) is 20.8 Å². The van der Waals surface area contributed by atoms with Crippen LogP contribution in [0.3, 0.4) is 0 Å². The summed E-state index contributed by atoms with van der Waals surface area (Å²) in [6.45, 7) is 0.202. The highest BCUT2D eigenvalue weighted by molar-refractivity contribution is 6.04. The van der Waals surface area contributed by atoms with Gasteiger partial charge in [0.05, 0.1) is 26.0 Å². The minimum absolute atomic E-state index is 0.252. The molecule has 44 heavy (non-hydrogen) atoms. The summed E-state index contributed by atoms with van der Waals surface area (Å²) in [6, 6.07) is 32.7. The van der Waals surface area contributed by atoms with Crippen LogP contribution in [0.5, 0.6) is 28.7 Å². The topological polar surface area (TPSA) is 105 Å². The number of benzene rings is 5. The van der Waals surface area contributed by atoms with Crippen LogP contribution in [0, 0.1) is 0 Å². The van der Waals surface area contributed by atoms with Gasteiger partial charge in [-0.1, -0.05) is 60.7 Å². The van der Waals surface area contributed by atoms with Gasteiger partial charge in [0.25, 0.3) is 5.91 Å². The van der Waals surface area contributed by atoms with Crippen LogP contribution in [0.4, 0.5) is 0 Å². The molecular formula is C35H30N2O7. The van der Waals surface area contributed by atoms with Crippen LogP contribution < -0.4 is 29.1 Å². The zero-order valence-corrected chi connectivity index (χ0v) is 24.2. The highest BCUT2D eigenvalue weighted by Crippen LogP contribution is 2.30. The summed E-state index contributed by atoms with van der Waals surface area (Å²) < 4.78 is 27.7. The molecule has 5 aromatic carbocycles. The molecule has 1 amide bonds. The van der Waals surface area contributed by atoms with Crippen molar-refractivity contribution in [2.45, 2.75) is 6.61 Å². The van der Waals surface area contributed by atoms with Crippen LogP contribution in [0.25, 0.3) is 10.8 Å². The Hall–Kier alpha value is -5.83. The number of carbonyl (C=O) groups is 2. The molecule has 0 aliphatic rings. The van der Waals surface area contributed by atoms with Crippen LogP contribution in [-0.4, -0.2) is 38.9 Å². The van der Waals surface area contributed by atoms with E-state index in [1.807, 2.05) is 60.7 Å². The average molecular weight is 591 g/mol. The van der Waals surface area contributed by atoms with E-state index in [1.165, 1.54) is 20.4 Å². The number of amides is 1. The molecule has 0 radical (unpaired) electrons. The third-order valence-corrected chi connectivity index (χ3v) is 6.58. The molecule has 0 bridgehead atoms. The van der Waals surface area contributed by atoms with E-state index in [4.69, 9.17) is 23.7 Å². The fraction of sp³-hybridized carbons (Fsp3) is 0.114. The van der Waals surface area contributed by atoms with Gasteiger partial charge in [0, 0.05) is 5.56 Å². The van der Waals surface area contributed by atoms with Crippen molar-refractivity contribution in [1.29, 1.82) is 0 Å².